The summed E-state index contributed by atoms with van der Waals surface area (Å²) in [6.07, 6.45) is 4.00. The number of hydrogen-bond donors (Lipinski definition) is 2. The maximum Gasteiger partial charge on any atom is 0.326 e. The lowest BCUT2D eigenvalue weighted by molar-refractivity contribution is -0.695. The summed E-state index contributed by atoms with van der Waals surface area (Å²) in [5.41, 5.74) is 0. The molecular formula is C13H19BrN2O3. The normalized spacial score (nSPS) is 11.5. The van der Waals surface area contributed by atoms with Gasteiger partial charge in [-0.05, 0) is 5.92 Å². The van der Waals surface area contributed by atoms with Crippen LogP contribution in [0, 0.1) is 5.92 Å². The minimum Gasteiger partial charge on any atom is -1.00 e. The maximum absolute atomic E-state index is 11.6. The molecule has 0 fully saturated rings. The van der Waals surface area contributed by atoms with E-state index in [4.69, 9.17) is 5.11 Å². The van der Waals surface area contributed by atoms with Gasteiger partial charge in [-0.25, -0.2) is 9.36 Å². The van der Waals surface area contributed by atoms with Gasteiger partial charge in [-0.15, -0.1) is 0 Å². The first kappa shape index (κ1) is 17.6. The summed E-state index contributed by atoms with van der Waals surface area (Å²) in [6, 6.07) is 4.84. The van der Waals surface area contributed by atoms with Gasteiger partial charge in [-0.3, -0.25) is 4.79 Å². The van der Waals surface area contributed by atoms with Gasteiger partial charge in [0, 0.05) is 12.1 Å². The van der Waals surface area contributed by atoms with Gasteiger partial charge in [0.15, 0.2) is 18.9 Å². The van der Waals surface area contributed by atoms with Crippen LogP contribution in [-0.2, 0) is 16.1 Å². The number of rotatable bonds is 6. The third kappa shape index (κ3) is 6.33. The number of amides is 1. The van der Waals surface area contributed by atoms with Gasteiger partial charge in [0.25, 0.3) is 0 Å². The average molecular weight is 331 g/mol. The zero-order valence-corrected chi connectivity index (χ0v) is 12.6. The van der Waals surface area contributed by atoms with Gasteiger partial charge in [0.1, 0.15) is 6.04 Å². The van der Waals surface area contributed by atoms with Gasteiger partial charge in [0.05, 0.1) is 6.42 Å². The lowest BCUT2D eigenvalue weighted by Crippen LogP contribution is -3.00. The Morgan fingerprint density at radius 1 is 1.21 bits per heavy atom. The maximum atomic E-state index is 11.6. The first-order chi connectivity index (χ1) is 8.50. The Kier molecular flexibility index (Phi) is 7.98. The molecule has 19 heavy (non-hydrogen) atoms. The van der Waals surface area contributed by atoms with Crippen LogP contribution in [0.1, 0.15) is 20.3 Å². The van der Waals surface area contributed by atoms with Crippen molar-refractivity contribution in [1.82, 2.24) is 5.32 Å². The van der Waals surface area contributed by atoms with Crippen LogP contribution < -0.4 is 26.9 Å². The van der Waals surface area contributed by atoms with E-state index in [0.717, 1.165) is 0 Å². The van der Waals surface area contributed by atoms with Crippen LogP contribution in [-0.4, -0.2) is 23.0 Å². The Bertz CT molecular complexity index is 410. The number of halogens is 1. The molecule has 5 nitrogen and oxygen atoms in total. The summed E-state index contributed by atoms with van der Waals surface area (Å²) in [6.45, 7) is 4.08. The van der Waals surface area contributed by atoms with Crippen LogP contribution >= 0.6 is 0 Å². The number of carbonyl (C=O) groups excluding carboxylic acids is 1. The van der Waals surface area contributed by atoms with Crippen molar-refractivity contribution in [3.8, 4) is 0 Å². The second-order valence-corrected chi connectivity index (χ2v) is 4.49. The van der Waals surface area contributed by atoms with Crippen molar-refractivity contribution in [3.05, 3.63) is 30.6 Å². The number of pyridine rings is 1. The molecule has 0 bridgehead atoms. The molecule has 1 heterocycles. The highest BCUT2D eigenvalue weighted by atomic mass is 79.9. The van der Waals surface area contributed by atoms with E-state index < -0.39 is 12.0 Å². The molecule has 0 aliphatic heterocycles. The minimum atomic E-state index is -0.995. The molecule has 6 heteroatoms. The van der Waals surface area contributed by atoms with Crippen molar-refractivity contribution in [1.29, 1.82) is 0 Å². The Labute approximate surface area is 123 Å². The molecule has 1 aromatic heterocycles. The number of aliphatic carboxylic acids is 1. The predicted octanol–water partition coefficient (Wildman–Crippen LogP) is -2.41. The summed E-state index contributed by atoms with van der Waals surface area (Å²) >= 11 is 0. The van der Waals surface area contributed by atoms with Crippen LogP contribution in [0.4, 0.5) is 0 Å². The Morgan fingerprint density at radius 2 is 1.79 bits per heavy atom. The molecule has 106 valence electrons. The summed E-state index contributed by atoms with van der Waals surface area (Å²) in [4.78, 5) is 22.6. The number of nitrogens with one attached hydrogen (secondary N) is 1. The summed E-state index contributed by atoms with van der Waals surface area (Å²) < 4.78 is 1.88. The number of aromatic nitrogens is 1. The van der Waals surface area contributed by atoms with Crippen LogP contribution in [0.15, 0.2) is 30.6 Å². The van der Waals surface area contributed by atoms with E-state index in [9.17, 15) is 9.59 Å². The minimum absolute atomic E-state index is 0. The Hall–Kier alpha value is -1.43. The number of hydrogen-bond acceptors (Lipinski definition) is 2. The fraction of sp³-hybridized carbons (Fsp3) is 0.462. The fourth-order valence-corrected chi connectivity index (χ4v) is 1.57. The zero-order chi connectivity index (χ0) is 13.5. The van der Waals surface area contributed by atoms with Crippen molar-refractivity contribution in [2.75, 3.05) is 0 Å². The lowest BCUT2D eigenvalue weighted by Gasteiger charge is -2.17. The molecule has 0 aliphatic rings. The second kappa shape index (κ2) is 8.63. The first-order valence-corrected chi connectivity index (χ1v) is 5.97. The number of carboxylic acid groups (broad SMARTS) is 1. The van der Waals surface area contributed by atoms with E-state index in [1.54, 1.807) is 13.8 Å². The van der Waals surface area contributed by atoms with E-state index >= 15 is 0 Å². The second-order valence-electron chi connectivity index (χ2n) is 4.49. The molecule has 1 unspecified atom stereocenters. The molecule has 0 saturated heterocycles. The monoisotopic (exact) mass is 330 g/mol. The van der Waals surface area contributed by atoms with E-state index in [0.29, 0.717) is 6.54 Å². The third-order valence-corrected chi connectivity index (χ3v) is 2.62. The molecule has 1 amide bonds. The molecule has 1 aromatic rings. The fourth-order valence-electron chi connectivity index (χ4n) is 1.57. The standard InChI is InChI=1S/C13H18N2O3.BrH/c1-10(2)12(13(17)18)14-11(16)6-9-15-7-4-3-5-8-15;/h3-5,7-8,10,12H,6,9H2,1-2H3,(H-,14,16,17,18);1H. The van der Waals surface area contributed by atoms with Crippen LogP contribution in [0.5, 0.6) is 0 Å². The number of carboxylic acids is 1. The smallest absolute Gasteiger partial charge is 0.326 e. The average Bonchev–Trinajstić information content (AvgIpc) is 2.34. The molecule has 0 aliphatic carbocycles. The molecule has 0 spiro atoms. The largest absolute Gasteiger partial charge is 1.00 e. The van der Waals surface area contributed by atoms with Crippen LogP contribution in [0.3, 0.4) is 0 Å². The zero-order valence-electron chi connectivity index (χ0n) is 11.0. The summed E-state index contributed by atoms with van der Waals surface area (Å²) in [7, 11) is 0. The number of carbonyl (C=O) groups is 2. The molecule has 0 saturated carbocycles. The van der Waals surface area contributed by atoms with Crippen LogP contribution in [0.2, 0.25) is 0 Å². The van der Waals surface area contributed by atoms with E-state index in [-0.39, 0.29) is 35.2 Å². The predicted molar refractivity (Wildman–Crippen MR) is 65.7 cm³/mol. The molecule has 0 aromatic carbocycles. The van der Waals surface area contributed by atoms with E-state index in [1.165, 1.54) is 0 Å². The number of aryl methyl sites for hydroxylation is 1. The van der Waals surface area contributed by atoms with Gasteiger partial charge >= 0.3 is 5.97 Å². The Morgan fingerprint density at radius 3 is 2.26 bits per heavy atom. The number of nitrogens with zero attached hydrogens (tertiary/aromatic N) is 1. The quantitative estimate of drug-likeness (QED) is 0.571. The van der Waals surface area contributed by atoms with Crippen molar-refractivity contribution in [2.24, 2.45) is 5.92 Å². The first-order valence-electron chi connectivity index (χ1n) is 5.97. The van der Waals surface area contributed by atoms with Crippen molar-refractivity contribution in [3.63, 3.8) is 0 Å². The molecule has 0 radical (unpaired) electrons. The molecule has 1 rings (SSSR count). The molecule has 1 atom stereocenters. The highest BCUT2D eigenvalue weighted by molar-refractivity contribution is 5.83. The van der Waals surface area contributed by atoms with Gasteiger partial charge in [0.2, 0.25) is 5.91 Å². The highest BCUT2D eigenvalue weighted by Crippen LogP contribution is 2.01. The Balaban J connectivity index is 0.00000324. The van der Waals surface area contributed by atoms with Crippen LogP contribution in [0.25, 0.3) is 0 Å². The summed E-state index contributed by atoms with van der Waals surface area (Å²) in [5.74, 6) is -1.37. The molecule has 2 N–H and O–H groups in total. The third-order valence-electron chi connectivity index (χ3n) is 2.62. The van der Waals surface area contributed by atoms with E-state index in [1.807, 2.05) is 35.2 Å². The topological polar surface area (TPSA) is 70.3 Å². The molecular weight excluding hydrogens is 312 g/mol. The van der Waals surface area contributed by atoms with Crippen molar-refractivity contribution >= 4 is 11.9 Å². The van der Waals surface area contributed by atoms with Gasteiger partial charge < -0.3 is 27.4 Å². The van der Waals surface area contributed by atoms with Gasteiger partial charge in [-0.2, -0.15) is 0 Å². The van der Waals surface area contributed by atoms with Crippen molar-refractivity contribution in [2.45, 2.75) is 32.9 Å². The highest BCUT2D eigenvalue weighted by Gasteiger charge is 2.23. The van der Waals surface area contributed by atoms with E-state index in [2.05, 4.69) is 5.32 Å². The van der Waals surface area contributed by atoms with Crippen molar-refractivity contribution < 1.29 is 36.2 Å². The SMILES string of the molecule is CC(C)C(NC(=O)CC[n+]1ccccc1)C(=O)O.[Br-]. The van der Waals surface area contributed by atoms with Gasteiger partial charge in [-0.1, -0.05) is 19.9 Å². The lowest BCUT2D eigenvalue weighted by atomic mass is 10.0. The summed E-state index contributed by atoms with van der Waals surface area (Å²) in [5, 5.41) is 11.5.